The minimum absolute atomic E-state index is 0.0638. The number of pyridine rings is 1. The molecule has 0 amide bonds. The largest absolute Gasteiger partial charge is 0.477 e. The van der Waals surface area contributed by atoms with Crippen LogP contribution in [0.25, 0.3) is 10.9 Å². The van der Waals surface area contributed by atoms with Crippen molar-refractivity contribution in [3.05, 3.63) is 39.9 Å². The monoisotopic (exact) mass is 453 g/mol. The predicted molar refractivity (Wildman–Crippen MR) is 109 cm³/mol. The highest BCUT2D eigenvalue weighted by atomic mass is 19.1. The van der Waals surface area contributed by atoms with Crippen molar-refractivity contribution in [3.8, 4) is 0 Å². The van der Waals surface area contributed by atoms with Crippen LogP contribution in [0.15, 0.2) is 23.1 Å². The number of carboxylic acids is 1. The number of carboxylic acid groups (broad SMARTS) is 1. The van der Waals surface area contributed by atoms with Crippen LogP contribution in [0.3, 0.4) is 0 Å². The summed E-state index contributed by atoms with van der Waals surface area (Å²) in [5.41, 5.74) is -0.723. The highest BCUT2D eigenvalue weighted by Gasteiger charge is 2.46. The van der Waals surface area contributed by atoms with Gasteiger partial charge in [0.05, 0.1) is 17.8 Å². The van der Waals surface area contributed by atoms with E-state index in [2.05, 4.69) is 4.98 Å². The maximum Gasteiger partial charge on any atom is 0.341 e. The summed E-state index contributed by atoms with van der Waals surface area (Å²) in [6.45, 7) is 0.790. The Bertz CT molecular complexity index is 1070. The van der Waals surface area contributed by atoms with Crippen LogP contribution in [0.5, 0.6) is 0 Å². The first kappa shape index (κ1) is 22.6. The number of hydrogen-bond donors (Lipinski definition) is 6. The molecular formula is C20H24FN3O8. The fourth-order valence-corrected chi connectivity index (χ4v) is 4.23. The van der Waals surface area contributed by atoms with Gasteiger partial charge in [0.2, 0.25) is 5.43 Å². The van der Waals surface area contributed by atoms with E-state index in [9.17, 15) is 34.4 Å². The minimum atomic E-state index is -1.48. The number of aliphatic hydroxyl groups is 4. The maximum absolute atomic E-state index is 14.8. The van der Waals surface area contributed by atoms with E-state index in [4.69, 9.17) is 9.84 Å². The summed E-state index contributed by atoms with van der Waals surface area (Å²) in [5, 5.41) is 48.6. The van der Waals surface area contributed by atoms with Gasteiger partial charge in [0.25, 0.3) is 0 Å². The van der Waals surface area contributed by atoms with Crippen molar-refractivity contribution in [1.29, 1.82) is 0 Å². The van der Waals surface area contributed by atoms with Gasteiger partial charge in [-0.25, -0.2) is 9.18 Å². The molecule has 2 aliphatic rings. The molecule has 1 aromatic heterocycles. The van der Waals surface area contributed by atoms with Gasteiger partial charge in [-0.3, -0.25) is 9.69 Å². The minimum Gasteiger partial charge on any atom is -0.477 e. The topological polar surface area (TPSA) is 167 Å². The Morgan fingerprint density at radius 1 is 1.12 bits per heavy atom. The van der Waals surface area contributed by atoms with Crippen LogP contribution in [-0.4, -0.2) is 105 Å². The van der Waals surface area contributed by atoms with Gasteiger partial charge in [0, 0.05) is 37.8 Å². The Morgan fingerprint density at radius 2 is 1.81 bits per heavy atom. The zero-order valence-corrected chi connectivity index (χ0v) is 16.9. The van der Waals surface area contributed by atoms with Crippen LogP contribution in [0.2, 0.25) is 0 Å². The standard InChI is InChI=1S/C20H24FN3O8/c21-11-5-9-12(22-7-10(15(9)26)20(30)31)6-13(11)23-1-3-24(4-2-23)19-18(29)17(28)16(27)14(8-25)32-19/h5-7,14,16-19,25,27-29H,1-4,8H2,(H,22,26)(H,30,31)/t14-,16+,17+,18-,19-/m1/s1. The number of aromatic amines is 1. The molecule has 4 rings (SSSR count). The zero-order valence-electron chi connectivity index (χ0n) is 16.9. The van der Waals surface area contributed by atoms with E-state index in [1.807, 2.05) is 0 Å². The van der Waals surface area contributed by atoms with E-state index < -0.39 is 60.0 Å². The molecule has 2 fully saturated rings. The smallest absolute Gasteiger partial charge is 0.341 e. The lowest BCUT2D eigenvalue weighted by atomic mass is 9.97. The average molecular weight is 453 g/mol. The fourth-order valence-electron chi connectivity index (χ4n) is 4.23. The van der Waals surface area contributed by atoms with E-state index >= 15 is 0 Å². The number of H-pyrrole nitrogens is 1. The Balaban J connectivity index is 1.52. The van der Waals surface area contributed by atoms with Gasteiger partial charge in [0.1, 0.15) is 42.0 Å². The molecular weight excluding hydrogens is 429 g/mol. The molecule has 1 aromatic carbocycles. The van der Waals surface area contributed by atoms with E-state index in [1.54, 1.807) is 9.80 Å². The number of rotatable bonds is 4. The van der Waals surface area contributed by atoms with Gasteiger partial charge in [-0.15, -0.1) is 0 Å². The molecule has 0 radical (unpaired) electrons. The summed E-state index contributed by atoms with van der Waals surface area (Å²) < 4.78 is 20.4. The third-order valence-electron chi connectivity index (χ3n) is 6.06. The molecule has 11 nitrogen and oxygen atoms in total. The predicted octanol–water partition coefficient (Wildman–Crippen LogP) is -1.71. The molecule has 5 atom stereocenters. The van der Waals surface area contributed by atoms with Crippen LogP contribution in [-0.2, 0) is 4.74 Å². The molecule has 0 spiro atoms. The number of carbonyl (C=O) groups is 1. The van der Waals surface area contributed by atoms with E-state index in [-0.39, 0.29) is 11.1 Å². The molecule has 174 valence electrons. The lowest BCUT2D eigenvalue weighted by Gasteiger charge is -2.47. The number of aromatic nitrogens is 1. The molecule has 0 bridgehead atoms. The first-order valence-electron chi connectivity index (χ1n) is 10.1. The molecule has 12 heteroatoms. The summed E-state index contributed by atoms with van der Waals surface area (Å²) >= 11 is 0. The number of nitrogens with zero attached hydrogens (tertiary/aromatic N) is 2. The van der Waals surface area contributed by atoms with E-state index in [1.165, 1.54) is 6.07 Å². The second-order valence-corrected chi connectivity index (χ2v) is 7.93. The SMILES string of the molecule is O=C(O)c1c[nH]c2cc(N3CCN([C@@H]4O[C@H](CO)[C@H](O)[C@H](O)[C@H]4O)CC3)c(F)cc2c1=O. The number of piperazine rings is 1. The second kappa shape index (κ2) is 8.73. The molecule has 3 heterocycles. The van der Waals surface area contributed by atoms with Crippen LogP contribution in [0.4, 0.5) is 10.1 Å². The number of halogens is 1. The summed E-state index contributed by atoms with van der Waals surface area (Å²) in [4.78, 5) is 29.6. The number of ether oxygens (including phenoxy) is 1. The highest BCUT2D eigenvalue weighted by Crippen LogP contribution is 2.28. The lowest BCUT2D eigenvalue weighted by molar-refractivity contribution is -0.265. The quantitative estimate of drug-likeness (QED) is 0.314. The highest BCUT2D eigenvalue weighted by molar-refractivity contribution is 5.93. The van der Waals surface area contributed by atoms with Gasteiger partial charge in [-0.1, -0.05) is 0 Å². The molecule has 0 saturated carbocycles. The summed E-state index contributed by atoms with van der Waals surface area (Å²) in [5.74, 6) is -2.08. The normalized spacial score (nSPS) is 29.4. The van der Waals surface area contributed by atoms with Gasteiger partial charge in [-0.05, 0) is 12.1 Å². The molecule has 2 aliphatic heterocycles. The second-order valence-electron chi connectivity index (χ2n) is 7.93. The molecule has 6 N–H and O–H groups in total. The third-order valence-corrected chi connectivity index (χ3v) is 6.06. The Labute approximate surface area is 180 Å². The Hall–Kier alpha value is -2.61. The van der Waals surface area contributed by atoms with Crippen molar-refractivity contribution in [3.63, 3.8) is 0 Å². The van der Waals surface area contributed by atoms with Crippen LogP contribution >= 0.6 is 0 Å². The van der Waals surface area contributed by atoms with Gasteiger partial charge < -0.3 is 40.2 Å². The number of anilines is 1. The van der Waals surface area contributed by atoms with Crippen molar-refractivity contribution in [2.45, 2.75) is 30.6 Å². The number of benzene rings is 1. The van der Waals surface area contributed by atoms with Crippen LogP contribution in [0, 0.1) is 5.82 Å². The van der Waals surface area contributed by atoms with E-state index in [0.29, 0.717) is 31.7 Å². The number of fused-ring (bicyclic) bond motifs is 1. The van der Waals surface area contributed by atoms with Crippen molar-refractivity contribution in [2.75, 3.05) is 37.7 Å². The molecule has 2 aromatic rings. The van der Waals surface area contributed by atoms with Gasteiger partial charge >= 0.3 is 5.97 Å². The number of nitrogens with one attached hydrogen (secondary N) is 1. The fraction of sp³-hybridized carbons (Fsp3) is 0.500. The number of aromatic carboxylic acids is 1. The van der Waals surface area contributed by atoms with Crippen molar-refractivity contribution >= 4 is 22.6 Å². The molecule has 2 saturated heterocycles. The summed E-state index contributed by atoms with van der Waals surface area (Å²) in [6, 6.07) is 2.46. The maximum atomic E-state index is 14.8. The Morgan fingerprint density at radius 3 is 2.44 bits per heavy atom. The first-order chi connectivity index (χ1) is 15.2. The van der Waals surface area contributed by atoms with Crippen molar-refractivity contribution in [2.24, 2.45) is 0 Å². The number of aliphatic hydroxyl groups excluding tert-OH is 4. The van der Waals surface area contributed by atoms with Gasteiger partial charge in [-0.2, -0.15) is 0 Å². The Kier molecular flexibility index (Phi) is 6.16. The van der Waals surface area contributed by atoms with E-state index in [0.717, 1.165) is 12.3 Å². The average Bonchev–Trinajstić information content (AvgIpc) is 2.78. The van der Waals surface area contributed by atoms with Crippen LogP contribution < -0.4 is 10.3 Å². The summed E-state index contributed by atoms with van der Waals surface area (Å²) in [7, 11) is 0. The molecule has 0 unspecified atom stereocenters. The van der Waals surface area contributed by atoms with Gasteiger partial charge in [0.15, 0.2) is 0 Å². The number of hydrogen-bond acceptors (Lipinski definition) is 9. The third kappa shape index (κ3) is 3.85. The van der Waals surface area contributed by atoms with Crippen molar-refractivity contribution in [1.82, 2.24) is 9.88 Å². The zero-order chi connectivity index (χ0) is 23.2. The molecule has 0 aliphatic carbocycles. The first-order valence-corrected chi connectivity index (χ1v) is 10.1. The summed E-state index contributed by atoms with van der Waals surface area (Å²) in [6.07, 6.45) is -5.18. The van der Waals surface area contributed by atoms with Crippen molar-refractivity contribution < 1.29 is 39.5 Å². The van der Waals surface area contributed by atoms with Crippen LogP contribution in [0.1, 0.15) is 10.4 Å². The lowest BCUT2D eigenvalue weighted by Crippen LogP contribution is -2.65. The molecule has 32 heavy (non-hydrogen) atoms.